The van der Waals surface area contributed by atoms with E-state index in [2.05, 4.69) is 0 Å². The third kappa shape index (κ3) is 4.58. The van der Waals surface area contributed by atoms with Gasteiger partial charge in [0.2, 0.25) is 0 Å². The number of sulfone groups is 1. The smallest absolute Gasteiger partial charge is 0.445 e. The first-order valence-electron chi connectivity index (χ1n) is 3.71. The van der Waals surface area contributed by atoms with Gasteiger partial charge in [-0.15, -0.1) is 5.46 Å². The third-order valence-electron chi connectivity index (χ3n) is 1.66. The number of hydrogen-bond acceptors (Lipinski definition) is 2. The van der Waals surface area contributed by atoms with Crippen LogP contribution < -0.4 is 56.8 Å². The molecule has 0 amide bonds. The molecule has 0 spiro atoms. The Kier molecular flexibility index (Phi) is 5.56. The van der Waals surface area contributed by atoms with Crippen LogP contribution in [0.2, 0.25) is 0 Å². The molecule has 0 saturated carbocycles. The van der Waals surface area contributed by atoms with Crippen LogP contribution in [0.15, 0.2) is 29.2 Å². The Labute approximate surface area is 129 Å². The number of rotatable bonds is 2. The molecule has 0 aliphatic heterocycles. The molecule has 0 aromatic heterocycles. The fourth-order valence-electron chi connectivity index (χ4n) is 0.949. The van der Waals surface area contributed by atoms with E-state index in [1.165, 1.54) is 0 Å². The minimum absolute atomic E-state index is 0. The normalized spacial score (nSPS) is 12.0. The van der Waals surface area contributed by atoms with Gasteiger partial charge in [0.25, 0.3) is 0 Å². The van der Waals surface area contributed by atoms with Crippen molar-refractivity contribution in [2.75, 3.05) is 6.26 Å². The molecule has 0 saturated heterocycles. The van der Waals surface area contributed by atoms with Crippen molar-refractivity contribution in [3.05, 3.63) is 24.3 Å². The molecule has 1 rings (SSSR count). The molecule has 0 bridgehead atoms. The van der Waals surface area contributed by atoms with Crippen molar-refractivity contribution in [2.24, 2.45) is 0 Å². The SMILES string of the molecule is CS(=O)(=O)c1cccc([B-](F)(F)F)c1.[K+]. The van der Waals surface area contributed by atoms with Crippen LogP contribution in [0, 0.1) is 0 Å². The van der Waals surface area contributed by atoms with Gasteiger partial charge in [0.1, 0.15) is 0 Å². The van der Waals surface area contributed by atoms with Gasteiger partial charge in [-0.05, 0) is 6.07 Å². The zero-order valence-corrected chi connectivity index (χ0v) is 12.2. The molecule has 0 fully saturated rings. The second-order valence-electron chi connectivity index (χ2n) is 2.92. The van der Waals surface area contributed by atoms with Gasteiger partial charge in [0.05, 0.1) is 4.90 Å². The molecule has 0 unspecified atom stereocenters. The molecule has 0 aliphatic rings. The Hall–Kier alpha value is 0.661. The van der Waals surface area contributed by atoms with Crippen LogP contribution in [0.25, 0.3) is 0 Å². The molecule has 1 aromatic rings. The van der Waals surface area contributed by atoms with Gasteiger partial charge >= 0.3 is 58.4 Å². The van der Waals surface area contributed by atoms with Crippen molar-refractivity contribution >= 4 is 22.3 Å². The molecule has 0 N–H and O–H groups in total. The summed E-state index contributed by atoms with van der Waals surface area (Å²) in [5.41, 5.74) is -0.895. The number of halogens is 3. The average molecular weight is 262 g/mol. The fraction of sp³-hybridized carbons (Fsp3) is 0.143. The number of hydrogen-bond donors (Lipinski definition) is 0. The quantitative estimate of drug-likeness (QED) is 0.586. The largest absolute Gasteiger partial charge is 1.00 e. The maximum atomic E-state index is 12.2. The Morgan fingerprint density at radius 1 is 1.20 bits per heavy atom. The summed E-state index contributed by atoms with van der Waals surface area (Å²) in [5, 5.41) is 0. The van der Waals surface area contributed by atoms with E-state index in [1.54, 1.807) is 0 Å². The van der Waals surface area contributed by atoms with E-state index in [0.29, 0.717) is 6.07 Å². The summed E-state index contributed by atoms with van der Waals surface area (Å²) >= 11 is 0. The molecule has 0 radical (unpaired) electrons. The van der Waals surface area contributed by atoms with E-state index in [-0.39, 0.29) is 56.3 Å². The maximum absolute atomic E-state index is 12.2. The van der Waals surface area contributed by atoms with Crippen molar-refractivity contribution in [2.45, 2.75) is 4.90 Å². The van der Waals surface area contributed by atoms with Crippen LogP contribution in [0.1, 0.15) is 0 Å². The van der Waals surface area contributed by atoms with Crippen LogP contribution in [0.5, 0.6) is 0 Å². The first-order valence-corrected chi connectivity index (χ1v) is 5.60. The van der Waals surface area contributed by atoms with Crippen molar-refractivity contribution in [1.29, 1.82) is 0 Å². The van der Waals surface area contributed by atoms with E-state index in [4.69, 9.17) is 0 Å². The zero-order chi connectivity index (χ0) is 11.0. The average Bonchev–Trinajstić information content (AvgIpc) is 2.01. The monoisotopic (exact) mass is 262 g/mol. The summed E-state index contributed by atoms with van der Waals surface area (Å²) in [5.74, 6) is 0. The van der Waals surface area contributed by atoms with E-state index in [0.717, 1.165) is 24.5 Å². The van der Waals surface area contributed by atoms with Crippen LogP contribution in [0.3, 0.4) is 0 Å². The van der Waals surface area contributed by atoms with Crippen LogP contribution in [0.4, 0.5) is 12.9 Å². The predicted molar refractivity (Wildman–Crippen MR) is 48.3 cm³/mol. The molecule has 0 heterocycles. The summed E-state index contributed by atoms with van der Waals surface area (Å²) in [6.07, 6.45) is 0.871. The maximum Gasteiger partial charge on any atom is 1.00 e. The van der Waals surface area contributed by atoms with Crippen LogP contribution in [-0.4, -0.2) is 21.7 Å². The van der Waals surface area contributed by atoms with Crippen molar-refractivity contribution in [3.63, 3.8) is 0 Å². The van der Waals surface area contributed by atoms with Crippen molar-refractivity contribution in [1.82, 2.24) is 0 Å². The van der Waals surface area contributed by atoms with Gasteiger partial charge in [0.15, 0.2) is 9.84 Å². The van der Waals surface area contributed by atoms with Gasteiger partial charge in [0, 0.05) is 6.26 Å². The van der Waals surface area contributed by atoms with E-state index < -0.39 is 22.3 Å². The molecule has 15 heavy (non-hydrogen) atoms. The summed E-state index contributed by atoms with van der Waals surface area (Å²) in [7, 11) is -3.58. The first-order chi connectivity index (χ1) is 6.21. The molecular formula is C7H7BF3KO2S. The second kappa shape index (κ2) is 5.33. The minimum atomic E-state index is -5.14. The van der Waals surface area contributed by atoms with Gasteiger partial charge in [-0.2, -0.15) is 0 Å². The summed E-state index contributed by atoms with van der Waals surface area (Å²) in [4.78, 5) is -0.311. The predicted octanol–water partition coefficient (Wildman–Crippen LogP) is -1.85. The molecular weight excluding hydrogens is 255 g/mol. The van der Waals surface area contributed by atoms with Gasteiger partial charge < -0.3 is 12.9 Å². The first kappa shape index (κ1) is 15.7. The summed E-state index contributed by atoms with van der Waals surface area (Å²) in [6, 6.07) is 3.73. The molecule has 1 aromatic carbocycles. The number of benzene rings is 1. The second-order valence-corrected chi connectivity index (χ2v) is 4.94. The molecule has 0 atom stereocenters. The Morgan fingerprint density at radius 2 is 1.73 bits per heavy atom. The Morgan fingerprint density at radius 3 is 2.13 bits per heavy atom. The minimum Gasteiger partial charge on any atom is -0.445 e. The summed E-state index contributed by atoms with van der Waals surface area (Å²) < 4.78 is 58.6. The van der Waals surface area contributed by atoms with Crippen molar-refractivity contribution in [3.8, 4) is 0 Å². The van der Waals surface area contributed by atoms with Crippen LogP contribution in [-0.2, 0) is 9.84 Å². The molecule has 2 nitrogen and oxygen atoms in total. The Balaban J connectivity index is 0.00000196. The van der Waals surface area contributed by atoms with Gasteiger partial charge in [-0.1, -0.05) is 18.2 Å². The van der Waals surface area contributed by atoms with E-state index >= 15 is 0 Å². The summed E-state index contributed by atoms with van der Waals surface area (Å²) in [6.45, 7) is -5.14. The topological polar surface area (TPSA) is 34.1 Å². The van der Waals surface area contributed by atoms with Crippen LogP contribution >= 0.6 is 0 Å². The zero-order valence-electron chi connectivity index (χ0n) is 8.25. The Bertz CT molecular complexity index is 444. The van der Waals surface area contributed by atoms with Gasteiger partial charge in [-0.3, -0.25) is 0 Å². The standard InChI is InChI=1S/C7H7BF3O2S.K/c1-14(12,13)7-4-2-3-6(5-7)8(9,10)11;/h2-5H,1H3;/q-1;+1. The van der Waals surface area contributed by atoms with Gasteiger partial charge in [-0.25, -0.2) is 8.42 Å². The molecule has 8 heteroatoms. The third-order valence-corrected chi connectivity index (χ3v) is 2.77. The molecule has 78 valence electrons. The van der Waals surface area contributed by atoms with E-state index in [1.807, 2.05) is 0 Å². The fourth-order valence-corrected chi connectivity index (χ4v) is 1.62. The van der Waals surface area contributed by atoms with Crippen molar-refractivity contribution < 1.29 is 72.7 Å². The van der Waals surface area contributed by atoms with E-state index in [9.17, 15) is 21.4 Å². The molecule has 0 aliphatic carbocycles.